The van der Waals surface area contributed by atoms with E-state index in [4.69, 9.17) is 4.74 Å². The van der Waals surface area contributed by atoms with Crippen LogP contribution in [0.4, 0.5) is 13.6 Å². The summed E-state index contributed by atoms with van der Waals surface area (Å²) < 4.78 is 47.0. The highest BCUT2D eigenvalue weighted by atomic mass is 32.2. The van der Waals surface area contributed by atoms with Crippen molar-refractivity contribution in [1.82, 2.24) is 5.32 Å². The molecule has 4 rings (SSSR count). The molecule has 1 aromatic carbocycles. The van der Waals surface area contributed by atoms with E-state index in [1.165, 1.54) is 5.56 Å². The van der Waals surface area contributed by atoms with Crippen LogP contribution in [0.15, 0.2) is 18.2 Å². The molecule has 5 unspecified atom stereocenters. The molecule has 0 heterocycles. The van der Waals surface area contributed by atoms with Crippen LogP contribution in [0.1, 0.15) is 75.3 Å². The first-order chi connectivity index (χ1) is 21.1. The van der Waals surface area contributed by atoms with Crippen LogP contribution < -0.4 is 10.1 Å². The van der Waals surface area contributed by atoms with E-state index in [0.717, 1.165) is 50.5 Å². The molecule has 3 aliphatic carbocycles. The van der Waals surface area contributed by atoms with Crippen LogP contribution >= 0.6 is 27.7 Å². The minimum atomic E-state index is -2.16. The molecule has 0 bridgehead atoms. The number of carbonyl (C=O) groups excluding carboxylic acids is 1. The first-order valence-corrected chi connectivity index (χ1v) is 19.0. The monoisotopic (exact) mass is 711 g/mol. The lowest BCUT2D eigenvalue weighted by Crippen LogP contribution is -2.57. The molecule has 0 aromatic heterocycles. The molecule has 2 saturated carbocycles. The summed E-state index contributed by atoms with van der Waals surface area (Å²) in [6.45, 7) is 0.241. The van der Waals surface area contributed by atoms with E-state index in [2.05, 4.69) is 12.2 Å². The average Bonchev–Trinajstić information content (AvgIpc) is 3.28. The second kappa shape index (κ2) is 15.1. The van der Waals surface area contributed by atoms with Gasteiger partial charge in [0.05, 0.1) is 25.9 Å². The van der Waals surface area contributed by atoms with Crippen LogP contribution in [0.25, 0.3) is 0 Å². The van der Waals surface area contributed by atoms with Gasteiger partial charge < -0.3 is 35.0 Å². The molecule has 0 saturated heterocycles. The minimum absolute atomic E-state index is 0.0535. The number of ether oxygens (including phenoxy) is 1. The summed E-state index contributed by atoms with van der Waals surface area (Å²) in [7, 11) is 5.65. The first-order valence-electron chi connectivity index (χ1n) is 15.8. The van der Waals surface area contributed by atoms with Crippen molar-refractivity contribution in [1.29, 1.82) is 0 Å². The minimum Gasteiger partial charge on any atom is -0.616 e. The molecule has 0 spiro atoms. The molecule has 45 heavy (non-hydrogen) atoms. The first kappa shape index (κ1) is 37.6. The number of hydrogen-bond acceptors (Lipinski definition) is 7. The van der Waals surface area contributed by atoms with Gasteiger partial charge in [-0.05, 0) is 110 Å². The van der Waals surface area contributed by atoms with E-state index in [0.29, 0.717) is 41.4 Å². The Kier molecular flexibility index (Phi) is 12.6. The average molecular weight is 712 g/mol. The third-order valence-electron chi connectivity index (χ3n) is 10.8. The molecule has 0 aliphatic heterocycles. The molecule has 8 nitrogen and oxygen atoms in total. The van der Waals surface area contributed by atoms with Gasteiger partial charge in [-0.15, -0.1) is 0 Å². The Morgan fingerprint density at radius 2 is 1.78 bits per heavy atom. The Hall–Kier alpha value is -0.210. The van der Waals surface area contributed by atoms with Crippen LogP contribution in [0.2, 0.25) is 0 Å². The number of rotatable bonds is 14. The lowest BCUT2D eigenvalue weighted by atomic mass is 9.52. The van der Waals surface area contributed by atoms with Gasteiger partial charge in [0, 0.05) is 0 Å². The molecule has 0 radical (unpaired) electrons. The summed E-state index contributed by atoms with van der Waals surface area (Å²) in [6, 6.07) is 5.62. The Bertz CT molecular complexity index is 1170. The van der Waals surface area contributed by atoms with Gasteiger partial charge in [0.2, 0.25) is 0 Å². The predicted octanol–water partition coefficient (Wildman–Crippen LogP) is 4.16. The van der Waals surface area contributed by atoms with Crippen LogP contribution in [0, 0.1) is 23.2 Å². The van der Waals surface area contributed by atoms with Gasteiger partial charge in [0.1, 0.15) is 22.8 Å². The fourth-order valence-electron chi connectivity index (χ4n) is 7.99. The zero-order valence-electron chi connectivity index (χ0n) is 25.9. The number of carbonyl (C=O) groups is 1. The van der Waals surface area contributed by atoms with E-state index >= 15 is 0 Å². The van der Waals surface area contributed by atoms with E-state index in [1.54, 1.807) is 6.07 Å². The molecule has 256 valence electrons. The van der Waals surface area contributed by atoms with Gasteiger partial charge >= 0.3 is 6.09 Å². The van der Waals surface area contributed by atoms with E-state index in [1.807, 2.05) is 39.9 Å². The highest BCUT2D eigenvalue weighted by Crippen LogP contribution is 2.62. The predicted molar refractivity (Wildman–Crippen MR) is 182 cm³/mol. The highest BCUT2D eigenvalue weighted by molar-refractivity contribution is 7.91. The van der Waals surface area contributed by atoms with Gasteiger partial charge in [0.15, 0.2) is 10.6 Å². The van der Waals surface area contributed by atoms with Crippen LogP contribution in [0.3, 0.4) is 0 Å². The molecule has 14 heteroatoms. The molecule has 3 aliphatic rings. The highest BCUT2D eigenvalue weighted by Gasteiger charge is 2.56. The Balaban J connectivity index is 1.46. The number of fused-ring (bicyclic) bond motifs is 5. The molecular weight excluding hydrogens is 661 g/mol. The SMILES string of the molecule is C[C@]12CC[C@@H]3c4ccc(OC(=O)NC(CO)(CO)CO)cc4C[C@@H](CCC[S+]([O-])CCCC(F)(P)C(F)(P)P)[C@H]3[C@@H]1CC[C@@H]2O. The summed E-state index contributed by atoms with van der Waals surface area (Å²) in [5, 5.41) is 37.6. The summed E-state index contributed by atoms with van der Waals surface area (Å²) in [5.74, 6) is 2.41. The summed E-state index contributed by atoms with van der Waals surface area (Å²) in [5.41, 5.74) is 0.580. The molecule has 11 atom stereocenters. The van der Waals surface area contributed by atoms with E-state index in [9.17, 15) is 38.6 Å². The van der Waals surface area contributed by atoms with Gasteiger partial charge in [-0.2, -0.15) is 0 Å². The Morgan fingerprint density at radius 3 is 2.42 bits per heavy atom. The third kappa shape index (κ3) is 8.33. The van der Waals surface area contributed by atoms with Crippen molar-refractivity contribution in [2.24, 2.45) is 23.2 Å². The van der Waals surface area contributed by atoms with Gasteiger partial charge in [0.25, 0.3) is 0 Å². The number of nitrogens with one attached hydrogen (secondary N) is 1. The maximum Gasteiger partial charge on any atom is 0.413 e. The standard InChI is InChI=1S/C31H50F2NO7P3S/c1-28-11-9-23-22-6-5-21(41-27(39)34-29(16-35,17-36)18-37)15-20(22)14-19(26(23)24(28)7-8-25(28)38)4-2-12-45(40)13-3-10-30(32,42)31(33,43)44/h5-6,15,19,23-26,35-38H,2-4,7-14,16-18,42-44H2,1H3,(H,34,39)/t19-,23-,24+,25+,26-,28+,30?,45?/m1/s1. The molecule has 1 aromatic rings. The second-order valence-electron chi connectivity index (χ2n) is 13.7. The van der Waals surface area contributed by atoms with Crippen molar-refractivity contribution < 1.29 is 43.3 Å². The van der Waals surface area contributed by atoms with Crippen molar-refractivity contribution in [3.05, 3.63) is 29.3 Å². The van der Waals surface area contributed by atoms with Crippen molar-refractivity contribution in [3.63, 3.8) is 0 Å². The quantitative estimate of drug-likeness (QED) is 0.144. The van der Waals surface area contributed by atoms with Crippen molar-refractivity contribution in [3.8, 4) is 5.75 Å². The summed E-state index contributed by atoms with van der Waals surface area (Å²) >= 11 is -1.15. The molecule has 1 amide bonds. The number of aliphatic hydroxyl groups excluding tert-OH is 4. The van der Waals surface area contributed by atoms with Gasteiger partial charge in [-0.25, -0.2) is 13.6 Å². The van der Waals surface area contributed by atoms with Crippen molar-refractivity contribution >= 4 is 45.0 Å². The second-order valence-corrected chi connectivity index (χ2v) is 18.7. The number of hydrogen-bond donors (Lipinski definition) is 5. The van der Waals surface area contributed by atoms with Gasteiger partial charge in [-0.1, -0.05) is 51.9 Å². The van der Waals surface area contributed by atoms with Crippen LogP contribution in [-0.2, 0) is 17.6 Å². The number of amides is 1. The number of benzene rings is 1. The fourth-order valence-corrected chi connectivity index (χ4v) is 9.64. The number of alkyl halides is 2. The molecule has 2 fully saturated rings. The summed E-state index contributed by atoms with van der Waals surface area (Å²) in [4.78, 5) is 12.6. The molecule has 5 N–H and O–H groups in total. The summed E-state index contributed by atoms with van der Waals surface area (Å²) in [6.07, 6.45) is 5.01. The maximum atomic E-state index is 14.6. The zero-order valence-corrected chi connectivity index (χ0v) is 30.2. The maximum absolute atomic E-state index is 14.6. The van der Waals surface area contributed by atoms with Crippen molar-refractivity contribution in [2.45, 2.75) is 92.8 Å². The number of halogens is 2. The van der Waals surface area contributed by atoms with Crippen LogP contribution in [0.5, 0.6) is 5.75 Å². The largest absolute Gasteiger partial charge is 0.616 e. The van der Waals surface area contributed by atoms with Crippen LogP contribution in [-0.4, -0.2) is 84.6 Å². The normalized spacial score (nSPS) is 30.1. The van der Waals surface area contributed by atoms with Crippen molar-refractivity contribution in [2.75, 3.05) is 31.3 Å². The third-order valence-corrected chi connectivity index (χ3v) is 14.7. The lowest BCUT2D eigenvalue weighted by Gasteiger charge is -2.53. The fraction of sp³-hybridized carbons (Fsp3) is 0.774. The number of aliphatic hydroxyl groups is 4. The van der Waals surface area contributed by atoms with E-state index in [-0.39, 0.29) is 23.9 Å². The zero-order chi connectivity index (χ0) is 33.2. The topological polar surface area (TPSA) is 142 Å². The Labute approximate surface area is 275 Å². The Morgan fingerprint density at radius 1 is 1.11 bits per heavy atom. The lowest BCUT2D eigenvalue weighted by molar-refractivity contribution is -0.0393. The van der Waals surface area contributed by atoms with E-state index < -0.39 is 53.2 Å². The smallest absolute Gasteiger partial charge is 0.413 e. The van der Waals surface area contributed by atoms with Gasteiger partial charge in [-0.3, -0.25) is 0 Å². The molecular formula is C31H50F2NO7P3S.